The quantitative estimate of drug-likeness (QED) is 0.826. The van der Waals surface area contributed by atoms with Gasteiger partial charge in [0.1, 0.15) is 0 Å². The standard InChI is InChI=1S/C14H18O2/c1-9(2)13-11-6-4-3-5-10(11)7-8-12(13)14(15)16/h7-9H,3-6H2,1-2H3,(H,15,16). The van der Waals surface area contributed by atoms with Crippen molar-refractivity contribution in [2.45, 2.75) is 45.4 Å². The van der Waals surface area contributed by atoms with Gasteiger partial charge in [0.05, 0.1) is 5.56 Å². The number of carbonyl (C=O) groups is 1. The van der Waals surface area contributed by atoms with Gasteiger partial charge in [-0.3, -0.25) is 0 Å². The molecule has 86 valence electrons. The molecule has 1 aliphatic carbocycles. The Morgan fingerprint density at radius 2 is 1.94 bits per heavy atom. The number of benzene rings is 1. The molecule has 0 spiro atoms. The van der Waals surface area contributed by atoms with Crippen LogP contribution in [0.1, 0.15) is 59.7 Å². The molecule has 0 bridgehead atoms. The summed E-state index contributed by atoms with van der Waals surface area (Å²) in [5.74, 6) is -0.503. The lowest BCUT2D eigenvalue weighted by Crippen LogP contribution is -2.13. The Hall–Kier alpha value is -1.31. The molecule has 16 heavy (non-hydrogen) atoms. The lowest BCUT2D eigenvalue weighted by Gasteiger charge is -2.23. The summed E-state index contributed by atoms with van der Waals surface area (Å²) < 4.78 is 0. The van der Waals surface area contributed by atoms with Gasteiger partial charge in [-0.25, -0.2) is 4.79 Å². The fourth-order valence-electron chi connectivity index (χ4n) is 2.70. The predicted octanol–water partition coefficient (Wildman–Crippen LogP) is 3.39. The minimum atomic E-state index is -0.794. The van der Waals surface area contributed by atoms with E-state index in [1.807, 2.05) is 6.07 Å². The van der Waals surface area contributed by atoms with E-state index in [1.54, 1.807) is 6.07 Å². The largest absolute Gasteiger partial charge is 0.478 e. The number of rotatable bonds is 2. The number of aromatic carboxylic acids is 1. The number of aryl methyl sites for hydroxylation is 1. The van der Waals surface area contributed by atoms with Gasteiger partial charge in [-0.2, -0.15) is 0 Å². The van der Waals surface area contributed by atoms with E-state index < -0.39 is 5.97 Å². The minimum absolute atomic E-state index is 0.291. The summed E-state index contributed by atoms with van der Waals surface area (Å²) in [6, 6.07) is 3.78. The second-order valence-corrected chi connectivity index (χ2v) is 4.83. The summed E-state index contributed by atoms with van der Waals surface area (Å²) in [5.41, 5.74) is 4.22. The molecule has 0 amide bonds. The Bertz CT molecular complexity index is 419. The average Bonchev–Trinajstić information content (AvgIpc) is 2.27. The van der Waals surface area contributed by atoms with E-state index in [0.29, 0.717) is 11.5 Å². The van der Waals surface area contributed by atoms with Crippen molar-refractivity contribution in [3.63, 3.8) is 0 Å². The Labute approximate surface area is 96.3 Å². The van der Waals surface area contributed by atoms with E-state index in [2.05, 4.69) is 13.8 Å². The monoisotopic (exact) mass is 218 g/mol. The highest BCUT2D eigenvalue weighted by Crippen LogP contribution is 2.31. The van der Waals surface area contributed by atoms with Crippen LogP contribution in [0.5, 0.6) is 0 Å². The third-order valence-corrected chi connectivity index (χ3v) is 3.38. The molecule has 1 aromatic rings. The lowest BCUT2D eigenvalue weighted by atomic mass is 9.82. The maximum absolute atomic E-state index is 11.2. The van der Waals surface area contributed by atoms with E-state index in [9.17, 15) is 9.90 Å². The molecule has 0 radical (unpaired) electrons. The second kappa shape index (κ2) is 4.28. The zero-order valence-corrected chi connectivity index (χ0v) is 9.92. The fraction of sp³-hybridized carbons (Fsp3) is 0.500. The van der Waals surface area contributed by atoms with Crippen molar-refractivity contribution in [1.82, 2.24) is 0 Å². The van der Waals surface area contributed by atoms with Gasteiger partial charge >= 0.3 is 5.97 Å². The van der Waals surface area contributed by atoms with Gasteiger partial charge in [0.2, 0.25) is 0 Å². The molecule has 1 N–H and O–H groups in total. The molecule has 0 heterocycles. The number of hydrogen-bond donors (Lipinski definition) is 1. The van der Waals surface area contributed by atoms with Crippen LogP contribution in [0.2, 0.25) is 0 Å². The molecule has 0 aromatic heterocycles. The third-order valence-electron chi connectivity index (χ3n) is 3.38. The maximum atomic E-state index is 11.2. The van der Waals surface area contributed by atoms with Crippen LogP contribution < -0.4 is 0 Å². The Kier molecular flexibility index (Phi) is 2.99. The molecule has 0 saturated heterocycles. The first-order valence-corrected chi connectivity index (χ1v) is 5.99. The molecule has 1 aromatic carbocycles. The van der Waals surface area contributed by atoms with E-state index in [0.717, 1.165) is 18.4 Å². The fourth-order valence-corrected chi connectivity index (χ4v) is 2.70. The van der Waals surface area contributed by atoms with Crippen molar-refractivity contribution in [1.29, 1.82) is 0 Å². The predicted molar refractivity (Wildman–Crippen MR) is 64.1 cm³/mol. The number of carboxylic acid groups (broad SMARTS) is 1. The maximum Gasteiger partial charge on any atom is 0.335 e. The van der Waals surface area contributed by atoms with Gasteiger partial charge in [0, 0.05) is 0 Å². The molecule has 0 saturated carbocycles. The summed E-state index contributed by atoms with van der Waals surface area (Å²) in [6.07, 6.45) is 4.58. The van der Waals surface area contributed by atoms with Gasteiger partial charge in [0.15, 0.2) is 0 Å². The topological polar surface area (TPSA) is 37.3 Å². The lowest BCUT2D eigenvalue weighted by molar-refractivity contribution is 0.0695. The highest BCUT2D eigenvalue weighted by molar-refractivity contribution is 5.90. The molecule has 1 aliphatic rings. The Balaban J connectivity index is 2.61. The highest BCUT2D eigenvalue weighted by Gasteiger charge is 2.21. The van der Waals surface area contributed by atoms with Crippen LogP contribution in [0.25, 0.3) is 0 Å². The van der Waals surface area contributed by atoms with Crippen LogP contribution in [0.3, 0.4) is 0 Å². The number of hydrogen-bond acceptors (Lipinski definition) is 1. The zero-order valence-electron chi connectivity index (χ0n) is 9.92. The summed E-state index contributed by atoms with van der Waals surface area (Å²) in [4.78, 5) is 11.2. The van der Waals surface area contributed by atoms with Crippen LogP contribution >= 0.6 is 0 Å². The second-order valence-electron chi connectivity index (χ2n) is 4.83. The van der Waals surface area contributed by atoms with Crippen molar-refractivity contribution in [3.05, 3.63) is 34.4 Å². The normalized spacial score (nSPS) is 14.9. The van der Waals surface area contributed by atoms with Crippen molar-refractivity contribution in [2.24, 2.45) is 0 Å². The molecule has 2 nitrogen and oxygen atoms in total. The molecular formula is C14H18O2. The van der Waals surface area contributed by atoms with Gasteiger partial charge in [-0.1, -0.05) is 19.9 Å². The molecular weight excluding hydrogens is 200 g/mol. The van der Waals surface area contributed by atoms with Gasteiger partial charge < -0.3 is 5.11 Å². The van der Waals surface area contributed by atoms with Gasteiger partial charge in [0.25, 0.3) is 0 Å². The third kappa shape index (κ3) is 1.84. The number of carboxylic acids is 1. The number of fused-ring (bicyclic) bond motifs is 1. The first-order valence-electron chi connectivity index (χ1n) is 5.99. The van der Waals surface area contributed by atoms with E-state index in [1.165, 1.54) is 24.0 Å². The van der Waals surface area contributed by atoms with Gasteiger partial charge in [-0.05, 0) is 54.4 Å². The van der Waals surface area contributed by atoms with Crippen molar-refractivity contribution in [2.75, 3.05) is 0 Å². The van der Waals surface area contributed by atoms with Crippen molar-refractivity contribution < 1.29 is 9.90 Å². The smallest absolute Gasteiger partial charge is 0.335 e. The molecule has 2 rings (SSSR count). The van der Waals surface area contributed by atoms with Crippen molar-refractivity contribution >= 4 is 5.97 Å². The minimum Gasteiger partial charge on any atom is -0.478 e. The summed E-state index contributed by atoms with van der Waals surface area (Å²) >= 11 is 0. The Morgan fingerprint density at radius 3 is 2.56 bits per heavy atom. The zero-order chi connectivity index (χ0) is 11.7. The summed E-state index contributed by atoms with van der Waals surface area (Å²) in [5, 5.41) is 9.22. The van der Waals surface area contributed by atoms with E-state index >= 15 is 0 Å². The SMILES string of the molecule is CC(C)c1c(C(=O)O)ccc2c1CCCC2. The van der Waals surface area contributed by atoms with Gasteiger partial charge in [-0.15, -0.1) is 0 Å². The van der Waals surface area contributed by atoms with Crippen LogP contribution in [-0.4, -0.2) is 11.1 Å². The highest BCUT2D eigenvalue weighted by atomic mass is 16.4. The molecule has 0 fully saturated rings. The molecule has 0 atom stereocenters. The first-order chi connectivity index (χ1) is 7.61. The molecule has 0 unspecified atom stereocenters. The van der Waals surface area contributed by atoms with Crippen LogP contribution in [0.15, 0.2) is 12.1 Å². The summed E-state index contributed by atoms with van der Waals surface area (Å²) in [7, 11) is 0. The van der Waals surface area contributed by atoms with Crippen LogP contribution in [0, 0.1) is 0 Å². The average molecular weight is 218 g/mol. The van der Waals surface area contributed by atoms with Crippen molar-refractivity contribution in [3.8, 4) is 0 Å². The first kappa shape index (κ1) is 11.2. The van der Waals surface area contributed by atoms with E-state index in [-0.39, 0.29) is 0 Å². The van der Waals surface area contributed by atoms with Crippen LogP contribution in [-0.2, 0) is 12.8 Å². The van der Waals surface area contributed by atoms with Crippen LogP contribution in [0.4, 0.5) is 0 Å². The molecule has 0 aliphatic heterocycles. The van der Waals surface area contributed by atoms with E-state index in [4.69, 9.17) is 0 Å². The summed E-state index contributed by atoms with van der Waals surface area (Å²) in [6.45, 7) is 4.16. The Morgan fingerprint density at radius 1 is 1.25 bits per heavy atom. The molecule has 2 heteroatoms.